The van der Waals surface area contributed by atoms with Gasteiger partial charge in [-0.3, -0.25) is 14.4 Å². The number of hydrogen-bond donors (Lipinski definition) is 0. The lowest BCUT2D eigenvalue weighted by atomic mass is 10.1. The molecule has 0 bridgehead atoms. The predicted octanol–water partition coefficient (Wildman–Crippen LogP) is 3.06. The predicted molar refractivity (Wildman–Crippen MR) is 129 cm³/mol. The first kappa shape index (κ1) is 28.4. The maximum atomic E-state index is 12.1. The van der Waals surface area contributed by atoms with Crippen LogP contribution in [0.4, 0.5) is 0 Å². The molecular formula is C22H40N2O5S2. The molecule has 9 heteroatoms. The number of ether oxygens (including phenoxy) is 2. The van der Waals surface area contributed by atoms with Crippen LogP contribution >= 0.6 is 21.6 Å². The number of esters is 1. The van der Waals surface area contributed by atoms with Gasteiger partial charge >= 0.3 is 5.97 Å². The first-order valence-electron chi connectivity index (χ1n) is 11.4. The monoisotopic (exact) mass is 476 g/mol. The summed E-state index contributed by atoms with van der Waals surface area (Å²) >= 11 is 0. The second kappa shape index (κ2) is 18.9. The molecule has 1 saturated heterocycles. The Balaban J connectivity index is 1.95. The van der Waals surface area contributed by atoms with E-state index in [1.165, 1.54) is 0 Å². The van der Waals surface area contributed by atoms with Crippen LogP contribution in [0.3, 0.4) is 0 Å². The van der Waals surface area contributed by atoms with Gasteiger partial charge in [0.05, 0.1) is 13.0 Å². The number of ketones is 2. The van der Waals surface area contributed by atoms with E-state index in [1.54, 1.807) is 7.11 Å². The van der Waals surface area contributed by atoms with E-state index in [0.29, 0.717) is 56.9 Å². The highest BCUT2D eigenvalue weighted by Gasteiger charge is 2.18. The molecule has 0 aromatic carbocycles. The number of Topliss-reactive ketones (excluding diaryl/α,β-unsaturated/α-hetero) is 2. The lowest BCUT2D eigenvalue weighted by Gasteiger charge is -2.34. The van der Waals surface area contributed by atoms with Crippen LogP contribution in [0.5, 0.6) is 0 Å². The van der Waals surface area contributed by atoms with Gasteiger partial charge in [0.1, 0.15) is 18.2 Å². The molecule has 0 aliphatic carbocycles. The Labute approximate surface area is 195 Å². The summed E-state index contributed by atoms with van der Waals surface area (Å²) in [4.78, 5) is 39.6. The van der Waals surface area contributed by atoms with Crippen molar-refractivity contribution < 1.29 is 23.9 Å². The van der Waals surface area contributed by atoms with Crippen molar-refractivity contribution in [3.63, 3.8) is 0 Å². The second-order valence-electron chi connectivity index (χ2n) is 7.68. The average Bonchev–Trinajstić information content (AvgIpc) is 2.78. The molecule has 0 unspecified atom stereocenters. The Bertz CT molecular complexity index is 514. The molecule has 7 nitrogen and oxygen atoms in total. The number of methoxy groups -OCH3 is 1. The first-order chi connectivity index (χ1) is 15.0. The highest BCUT2D eigenvalue weighted by atomic mass is 33.1. The zero-order valence-electron chi connectivity index (χ0n) is 19.3. The van der Waals surface area contributed by atoms with Gasteiger partial charge in [-0.25, -0.2) is 0 Å². The van der Waals surface area contributed by atoms with E-state index in [0.717, 1.165) is 63.6 Å². The maximum Gasteiger partial charge on any atom is 0.307 e. The average molecular weight is 477 g/mol. The quantitative estimate of drug-likeness (QED) is 0.159. The van der Waals surface area contributed by atoms with Crippen molar-refractivity contribution in [2.24, 2.45) is 0 Å². The van der Waals surface area contributed by atoms with Crippen molar-refractivity contribution in [3.05, 3.63) is 0 Å². The minimum atomic E-state index is -0.173. The van der Waals surface area contributed by atoms with E-state index in [2.05, 4.69) is 9.80 Å². The molecule has 0 amide bonds. The van der Waals surface area contributed by atoms with Gasteiger partial charge in [-0.15, -0.1) is 0 Å². The number of rotatable bonds is 19. The van der Waals surface area contributed by atoms with Crippen molar-refractivity contribution >= 4 is 39.1 Å². The second-order valence-corrected chi connectivity index (χ2v) is 10.4. The lowest BCUT2D eigenvalue weighted by Crippen LogP contribution is -2.47. The highest BCUT2D eigenvalue weighted by Crippen LogP contribution is 2.24. The largest absolute Gasteiger partial charge is 0.463 e. The number of nitrogens with zero attached hydrogens (tertiary/aromatic N) is 2. The van der Waals surface area contributed by atoms with Crippen molar-refractivity contribution in [2.45, 2.75) is 51.9 Å². The van der Waals surface area contributed by atoms with Gasteiger partial charge in [-0.1, -0.05) is 28.5 Å². The van der Waals surface area contributed by atoms with Crippen molar-refractivity contribution in [1.82, 2.24) is 9.80 Å². The standard InChI is InChI=1S/C22H40N2O5S2/c1-3-20(25)6-4-18-30-31-19-5-7-21(26)8-10-23-12-14-24(15-13-23)11-9-22(27)29-17-16-28-2/h3-19H2,1-2H3. The molecule has 1 aliphatic rings. The van der Waals surface area contributed by atoms with Crippen LogP contribution < -0.4 is 0 Å². The summed E-state index contributed by atoms with van der Waals surface area (Å²) in [5.41, 5.74) is 0. The maximum absolute atomic E-state index is 12.1. The first-order valence-corrected chi connectivity index (χ1v) is 13.9. The number of carbonyl (C=O) groups excluding carboxylic acids is 3. The fourth-order valence-corrected chi connectivity index (χ4v) is 5.33. The third kappa shape index (κ3) is 15.8. The number of carbonyl (C=O) groups is 3. The van der Waals surface area contributed by atoms with Gasteiger partial charge in [0.2, 0.25) is 0 Å². The molecule has 0 spiro atoms. The summed E-state index contributed by atoms with van der Waals surface area (Å²) in [6.45, 7) is 7.96. The molecule has 1 rings (SSSR count). The van der Waals surface area contributed by atoms with Gasteiger partial charge in [0, 0.05) is 83.6 Å². The molecule has 1 heterocycles. The van der Waals surface area contributed by atoms with Gasteiger partial charge < -0.3 is 19.3 Å². The van der Waals surface area contributed by atoms with E-state index < -0.39 is 0 Å². The number of hydrogen-bond acceptors (Lipinski definition) is 9. The Hall–Kier alpha value is -0.610. The van der Waals surface area contributed by atoms with Crippen LogP contribution in [-0.2, 0) is 23.9 Å². The molecule has 0 aromatic heterocycles. The van der Waals surface area contributed by atoms with E-state index in [1.807, 2.05) is 28.5 Å². The smallest absolute Gasteiger partial charge is 0.307 e. The van der Waals surface area contributed by atoms with Gasteiger partial charge in [0.15, 0.2) is 0 Å². The van der Waals surface area contributed by atoms with Gasteiger partial charge in [0.25, 0.3) is 0 Å². The van der Waals surface area contributed by atoms with Crippen LogP contribution in [0.25, 0.3) is 0 Å². The third-order valence-electron chi connectivity index (χ3n) is 5.20. The Morgan fingerprint density at radius 3 is 1.87 bits per heavy atom. The minimum Gasteiger partial charge on any atom is -0.463 e. The highest BCUT2D eigenvalue weighted by molar-refractivity contribution is 8.76. The molecule has 0 radical (unpaired) electrons. The Morgan fingerprint density at radius 2 is 1.32 bits per heavy atom. The normalized spacial score (nSPS) is 15.2. The molecule has 0 atom stereocenters. The molecule has 0 saturated carbocycles. The minimum absolute atomic E-state index is 0.173. The summed E-state index contributed by atoms with van der Waals surface area (Å²) in [6.07, 6.45) is 4.92. The van der Waals surface area contributed by atoms with Crippen LogP contribution in [0.2, 0.25) is 0 Å². The summed E-state index contributed by atoms with van der Waals surface area (Å²) in [5.74, 6) is 2.51. The molecule has 1 fully saturated rings. The molecule has 0 N–H and O–H groups in total. The van der Waals surface area contributed by atoms with E-state index in [-0.39, 0.29) is 5.97 Å². The van der Waals surface area contributed by atoms with Gasteiger partial charge in [-0.05, 0) is 12.8 Å². The Morgan fingerprint density at radius 1 is 0.774 bits per heavy atom. The topological polar surface area (TPSA) is 76.2 Å². The SMILES string of the molecule is CCC(=O)CCCSSCCCC(=O)CCN1CCN(CCC(=O)OCCOC)CC1. The molecule has 0 aromatic rings. The molecular weight excluding hydrogens is 436 g/mol. The fourth-order valence-electron chi connectivity index (χ4n) is 3.16. The molecule has 180 valence electrons. The van der Waals surface area contributed by atoms with Crippen molar-refractivity contribution in [1.29, 1.82) is 0 Å². The zero-order chi connectivity index (χ0) is 22.7. The molecule has 1 aliphatic heterocycles. The summed E-state index contributed by atoms with van der Waals surface area (Å²) in [7, 11) is 5.21. The van der Waals surface area contributed by atoms with Crippen molar-refractivity contribution in [2.75, 3.05) is 71.1 Å². The van der Waals surface area contributed by atoms with Crippen LogP contribution in [-0.4, -0.2) is 98.4 Å². The fraction of sp³-hybridized carbons (Fsp3) is 0.864. The summed E-state index contributed by atoms with van der Waals surface area (Å²) in [5, 5.41) is 0. The van der Waals surface area contributed by atoms with Crippen LogP contribution in [0.1, 0.15) is 51.9 Å². The summed E-state index contributed by atoms with van der Waals surface area (Å²) < 4.78 is 9.95. The van der Waals surface area contributed by atoms with Gasteiger partial charge in [-0.2, -0.15) is 0 Å². The van der Waals surface area contributed by atoms with E-state index in [4.69, 9.17) is 9.47 Å². The van der Waals surface area contributed by atoms with E-state index >= 15 is 0 Å². The van der Waals surface area contributed by atoms with Crippen LogP contribution in [0, 0.1) is 0 Å². The summed E-state index contributed by atoms with van der Waals surface area (Å²) in [6, 6.07) is 0. The third-order valence-corrected chi connectivity index (χ3v) is 7.78. The molecule has 31 heavy (non-hydrogen) atoms. The Kier molecular flexibility index (Phi) is 17.3. The van der Waals surface area contributed by atoms with Crippen molar-refractivity contribution in [3.8, 4) is 0 Å². The number of piperazine rings is 1. The van der Waals surface area contributed by atoms with E-state index in [9.17, 15) is 14.4 Å². The van der Waals surface area contributed by atoms with Crippen LogP contribution in [0.15, 0.2) is 0 Å². The lowest BCUT2D eigenvalue weighted by molar-refractivity contribution is -0.145. The zero-order valence-corrected chi connectivity index (χ0v) is 20.9.